The molecule has 0 heterocycles. The van der Waals surface area contributed by atoms with Gasteiger partial charge in [0, 0.05) is 20.1 Å². The molecule has 1 rings (SSSR count). The highest BCUT2D eigenvalue weighted by atomic mass is 16.5. The molecule has 82 valence electrons. The minimum atomic E-state index is -0.207. The molecule has 0 saturated heterocycles. The molecule has 0 saturated carbocycles. The summed E-state index contributed by atoms with van der Waals surface area (Å²) >= 11 is 0. The standard InChI is InChI=1S/C12H16O3/c1-10-6-3-4-7-11(10)15-12(13)8-5-9-14-2/h3-4,6-7H,5,8-9H2,1-2H3. The first-order chi connectivity index (χ1) is 7.24. The van der Waals surface area contributed by atoms with E-state index >= 15 is 0 Å². The monoisotopic (exact) mass is 208 g/mol. The van der Waals surface area contributed by atoms with Gasteiger partial charge in [0.05, 0.1) is 0 Å². The Bertz CT molecular complexity index is 320. The van der Waals surface area contributed by atoms with Crippen LogP contribution in [0, 0.1) is 6.92 Å². The number of para-hydroxylation sites is 1. The summed E-state index contributed by atoms with van der Waals surface area (Å²) in [5.41, 5.74) is 0.970. The highest BCUT2D eigenvalue weighted by molar-refractivity contribution is 5.72. The van der Waals surface area contributed by atoms with E-state index in [0.717, 1.165) is 5.56 Å². The van der Waals surface area contributed by atoms with Crippen LogP contribution in [0.25, 0.3) is 0 Å². The molecular formula is C12H16O3. The first kappa shape index (κ1) is 11.7. The Kier molecular flexibility index (Phi) is 4.84. The van der Waals surface area contributed by atoms with E-state index in [2.05, 4.69) is 0 Å². The van der Waals surface area contributed by atoms with Crippen molar-refractivity contribution in [1.29, 1.82) is 0 Å². The van der Waals surface area contributed by atoms with Gasteiger partial charge in [-0.25, -0.2) is 0 Å². The Morgan fingerprint density at radius 1 is 1.33 bits per heavy atom. The number of carbonyl (C=O) groups is 1. The van der Waals surface area contributed by atoms with Crippen molar-refractivity contribution in [3.8, 4) is 5.75 Å². The predicted molar refractivity (Wildman–Crippen MR) is 57.9 cm³/mol. The number of methoxy groups -OCH3 is 1. The third-order valence-corrected chi connectivity index (χ3v) is 2.05. The van der Waals surface area contributed by atoms with E-state index in [9.17, 15) is 4.79 Å². The van der Waals surface area contributed by atoms with Gasteiger partial charge in [-0.3, -0.25) is 4.79 Å². The fraction of sp³-hybridized carbons (Fsp3) is 0.417. The third kappa shape index (κ3) is 4.13. The van der Waals surface area contributed by atoms with E-state index in [1.165, 1.54) is 0 Å². The second-order valence-corrected chi connectivity index (χ2v) is 3.34. The highest BCUT2D eigenvalue weighted by Crippen LogP contribution is 2.16. The smallest absolute Gasteiger partial charge is 0.311 e. The van der Waals surface area contributed by atoms with Crippen molar-refractivity contribution >= 4 is 5.97 Å². The molecule has 1 aromatic carbocycles. The average Bonchev–Trinajstić information content (AvgIpc) is 2.22. The molecule has 0 aliphatic carbocycles. The molecule has 3 heteroatoms. The molecule has 0 atom stereocenters. The van der Waals surface area contributed by atoms with Gasteiger partial charge in [0.25, 0.3) is 0 Å². The number of aryl methyl sites for hydroxylation is 1. The molecule has 0 bridgehead atoms. The molecule has 1 aromatic rings. The van der Waals surface area contributed by atoms with E-state index in [-0.39, 0.29) is 5.97 Å². The summed E-state index contributed by atoms with van der Waals surface area (Å²) in [7, 11) is 1.62. The van der Waals surface area contributed by atoms with Crippen LogP contribution in [0.4, 0.5) is 0 Å². The Balaban J connectivity index is 2.41. The lowest BCUT2D eigenvalue weighted by atomic mass is 10.2. The second-order valence-electron chi connectivity index (χ2n) is 3.34. The summed E-state index contributed by atoms with van der Waals surface area (Å²) in [5, 5.41) is 0. The summed E-state index contributed by atoms with van der Waals surface area (Å²) in [6.07, 6.45) is 1.09. The topological polar surface area (TPSA) is 35.5 Å². The predicted octanol–water partition coefficient (Wildman–Crippen LogP) is 2.33. The highest BCUT2D eigenvalue weighted by Gasteiger charge is 2.05. The average molecular weight is 208 g/mol. The van der Waals surface area contributed by atoms with Crippen LogP contribution >= 0.6 is 0 Å². The lowest BCUT2D eigenvalue weighted by Gasteiger charge is -2.06. The maximum Gasteiger partial charge on any atom is 0.311 e. The lowest BCUT2D eigenvalue weighted by molar-refractivity contribution is -0.134. The van der Waals surface area contributed by atoms with Gasteiger partial charge in [0.15, 0.2) is 0 Å². The summed E-state index contributed by atoms with van der Waals surface area (Å²) in [6, 6.07) is 7.48. The zero-order valence-electron chi connectivity index (χ0n) is 9.16. The minimum Gasteiger partial charge on any atom is -0.426 e. The zero-order chi connectivity index (χ0) is 11.1. The first-order valence-electron chi connectivity index (χ1n) is 4.99. The molecule has 0 aromatic heterocycles. The second kappa shape index (κ2) is 6.19. The van der Waals surface area contributed by atoms with Crippen LogP contribution in [0.2, 0.25) is 0 Å². The molecule has 0 spiro atoms. The first-order valence-corrected chi connectivity index (χ1v) is 4.99. The van der Waals surface area contributed by atoms with Gasteiger partial charge in [-0.1, -0.05) is 18.2 Å². The number of esters is 1. The fourth-order valence-electron chi connectivity index (χ4n) is 1.21. The van der Waals surface area contributed by atoms with Crippen LogP contribution in [-0.4, -0.2) is 19.7 Å². The Morgan fingerprint density at radius 3 is 2.73 bits per heavy atom. The number of ether oxygens (including phenoxy) is 2. The maximum absolute atomic E-state index is 11.4. The van der Waals surface area contributed by atoms with E-state index in [1.807, 2.05) is 25.1 Å². The summed E-state index contributed by atoms with van der Waals surface area (Å²) in [6.45, 7) is 2.50. The van der Waals surface area contributed by atoms with Crippen molar-refractivity contribution in [3.05, 3.63) is 29.8 Å². The summed E-state index contributed by atoms with van der Waals surface area (Å²) in [4.78, 5) is 11.4. The maximum atomic E-state index is 11.4. The van der Waals surface area contributed by atoms with E-state index in [1.54, 1.807) is 13.2 Å². The van der Waals surface area contributed by atoms with E-state index in [4.69, 9.17) is 9.47 Å². The number of carbonyl (C=O) groups excluding carboxylic acids is 1. The van der Waals surface area contributed by atoms with Crippen LogP contribution in [0.1, 0.15) is 18.4 Å². The fourth-order valence-corrected chi connectivity index (χ4v) is 1.21. The van der Waals surface area contributed by atoms with Gasteiger partial charge in [0.1, 0.15) is 5.75 Å². The molecule has 0 amide bonds. The van der Waals surface area contributed by atoms with Gasteiger partial charge in [0.2, 0.25) is 0 Å². The summed E-state index contributed by atoms with van der Waals surface area (Å²) in [5.74, 6) is 0.432. The minimum absolute atomic E-state index is 0.207. The van der Waals surface area contributed by atoms with E-state index < -0.39 is 0 Å². The molecule has 0 aliphatic heterocycles. The molecule has 15 heavy (non-hydrogen) atoms. The van der Waals surface area contributed by atoms with Gasteiger partial charge in [-0.15, -0.1) is 0 Å². The summed E-state index contributed by atoms with van der Waals surface area (Å²) < 4.78 is 10.1. The SMILES string of the molecule is COCCCC(=O)Oc1ccccc1C. The Hall–Kier alpha value is -1.35. The molecule has 0 aliphatic rings. The van der Waals surface area contributed by atoms with Gasteiger partial charge in [-0.05, 0) is 25.0 Å². The molecule has 0 fully saturated rings. The number of benzene rings is 1. The largest absolute Gasteiger partial charge is 0.426 e. The number of rotatable bonds is 5. The van der Waals surface area contributed by atoms with Crippen molar-refractivity contribution in [3.63, 3.8) is 0 Å². The van der Waals surface area contributed by atoms with Crippen molar-refractivity contribution in [2.24, 2.45) is 0 Å². The van der Waals surface area contributed by atoms with Crippen LogP contribution < -0.4 is 4.74 Å². The van der Waals surface area contributed by atoms with Crippen LogP contribution in [0.15, 0.2) is 24.3 Å². The molecule has 0 N–H and O–H groups in total. The Labute approximate surface area is 90.0 Å². The third-order valence-electron chi connectivity index (χ3n) is 2.05. The lowest BCUT2D eigenvalue weighted by Crippen LogP contribution is -2.09. The number of hydrogen-bond donors (Lipinski definition) is 0. The van der Waals surface area contributed by atoms with Crippen LogP contribution in [0.5, 0.6) is 5.75 Å². The van der Waals surface area contributed by atoms with E-state index in [0.29, 0.717) is 25.2 Å². The quantitative estimate of drug-likeness (QED) is 0.423. The van der Waals surface area contributed by atoms with Gasteiger partial charge < -0.3 is 9.47 Å². The van der Waals surface area contributed by atoms with Crippen molar-refractivity contribution < 1.29 is 14.3 Å². The Morgan fingerprint density at radius 2 is 2.07 bits per heavy atom. The van der Waals surface area contributed by atoms with Gasteiger partial charge >= 0.3 is 5.97 Å². The molecule has 0 unspecified atom stereocenters. The molecule has 3 nitrogen and oxygen atoms in total. The zero-order valence-corrected chi connectivity index (χ0v) is 9.16. The van der Waals surface area contributed by atoms with Crippen molar-refractivity contribution in [2.75, 3.05) is 13.7 Å². The number of hydrogen-bond acceptors (Lipinski definition) is 3. The van der Waals surface area contributed by atoms with Crippen LogP contribution in [0.3, 0.4) is 0 Å². The van der Waals surface area contributed by atoms with Crippen molar-refractivity contribution in [1.82, 2.24) is 0 Å². The molecular weight excluding hydrogens is 192 g/mol. The van der Waals surface area contributed by atoms with Crippen LogP contribution in [-0.2, 0) is 9.53 Å². The van der Waals surface area contributed by atoms with Crippen molar-refractivity contribution in [2.45, 2.75) is 19.8 Å². The van der Waals surface area contributed by atoms with Gasteiger partial charge in [-0.2, -0.15) is 0 Å². The normalized spacial score (nSPS) is 10.0. The molecule has 0 radical (unpaired) electrons.